The van der Waals surface area contributed by atoms with Gasteiger partial charge < -0.3 is 9.90 Å². The molecule has 2 aliphatic carbocycles. The second-order valence-electron chi connectivity index (χ2n) is 6.20. The number of carboxylic acid groups (broad SMARTS) is 1. The van der Waals surface area contributed by atoms with Crippen molar-refractivity contribution in [1.82, 2.24) is 0 Å². The summed E-state index contributed by atoms with van der Waals surface area (Å²) in [5, 5.41) is 11.2. The largest absolute Gasteiger partial charge is 0.545 e. The third-order valence-corrected chi connectivity index (χ3v) is 5.29. The lowest BCUT2D eigenvalue weighted by Crippen LogP contribution is -2.35. The topological polar surface area (TPSA) is 77.5 Å². The zero-order valence-corrected chi connectivity index (χ0v) is 11.3. The van der Waals surface area contributed by atoms with E-state index in [1.807, 2.05) is 0 Å². The van der Waals surface area contributed by atoms with Gasteiger partial charge in [0.05, 0.1) is 23.5 Å². The predicted molar refractivity (Wildman–Crippen MR) is 71.1 cm³/mol. The zero-order chi connectivity index (χ0) is 14.7. The molecule has 1 saturated heterocycles. The van der Waals surface area contributed by atoms with Crippen LogP contribution in [0.2, 0.25) is 0 Å². The lowest BCUT2D eigenvalue weighted by molar-refractivity contribution is -0.254. The number of anilines is 1. The van der Waals surface area contributed by atoms with E-state index in [0.717, 1.165) is 24.2 Å². The van der Waals surface area contributed by atoms with Crippen LogP contribution < -0.4 is 10.0 Å². The van der Waals surface area contributed by atoms with Gasteiger partial charge in [-0.15, -0.1) is 0 Å². The quantitative estimate of drug-likeness (QED) is 0.744. The SMILES string of the molecule is O=C([O-])c1ccccc1N1C(=O)[C@@H]2[C@@H]3CC[C@H](C3)[C@@H]2C1=O. The summed E-state index contributed by atoms with van der Waals surface area (Å²) in [6.07, 6.45) is 2.96. The molecule has 4 atom stereocenters. The number of carbonyl (C=O) groups is 3. The van der Waals surface area contributed by atoms with Crippen LogP contribution in [0.4, 0.5) is 5.69 Å². The fourth-order valence-electron chi connectivity index (χ4n) is 4.49. The Kier molecular flexibility index (Phi) is 2.49. The average Bonchev–Trinajstić information content (AvgIpc) is 3.13. The highest BCUT2D eigenvalue weighted by Crippen LogP contribution is 2.56. The van der Waals surface area contributed by atoms with Gasteiger partial charge in [-0.05, 0) is 37.2 Å². The fraction of sp³-hybridized carbons (Fsp3) is 0.438. The number of para-hydroxylation sites is 1. The molecular formula is C16H14NO4-. The van der Waals surface area contributed by atoms with Crippen molar-refractivity contribution in [3.63, 3.8) is 0 Å². The van der Waals surface area contributed by atoms with Crippen molar-refractivity contribution >= 4 is 23.5 Å². The molecule has 108 valence electrons. The summed E-state index contributed by atoms with van der Waals surface area (Å²) < 4.78 is 0. The van der Waals surface area contributed by atoms with Gasteiger partial charge in [0.25, 0.3) is 0 Å². The minimum atomic E-state index is -1.37. The number of fused-ring (bicyclic) bond motifs is 5. The van der Waals surface area contributed by atoms with Gasteiger partial charge in [0.1, 0.15) is 0 Å². The van der Waals surface area contributed by atoms with Gasteiger partial charge in [-0.25, -0.2) is 4.90 Å². The number of nitrogens with zero attached hydrogens (tertiary/aromatic N) is 1. The molecule has 0 aromatic heterocycles. The van der Waals surface area contributed by atoms with Gasteiger partial charge in [-0.1, -0.05) is 18.2 Å². The third kappa shape index (κ3) is 1.54. The van der Waals surface area contributed by atoms with E-state index in [2.05, 4.69) is 0 Å². The van der Waals surface area contributed by atoms with E-state index in [1.165, 1.54) is 12.1 Å². The van der Waals surface area contributed by atoms with E-state index in [4.69, 9.17) is 0 Å². The Morgan fingerprint density at radius 2 is 1.62 bits per heavy atom. The Balaban J connectivity index is 1.79. The summed E-state index contributed by atoms with van der Waals surface area (Å²) in [5.74, 6) is -1.74. The highest BCUT2D eigenvalue weighted by atomic mass is 16.4. The molecule has 0 spiro atoms. The van der Waals surface area contributed by atoms with Gasteiger partial charge in [0.2, 0.25) is 11.8 Å². The van der Waals surface area contributed by atoms with Crippen molar-refractivity contribution in [2.45, 2.75) is 19.3 Å². The van der Waals surface area contributed by atoms with E-state index in [9.17, 15) is 19.5 Å². The first kappa shape index (κ1) is 12.6. The minimum Gasteiger partial charge on any atom is -0.545 e. The summed E-state index contributed by atoms with van der Waals surface area (Å²) in [6, 6.07) is 6.06. The molecule has 2 saturated carbocycles. The van der Waals surface area contributed by atoms with Crippen LogP contribution in [0.5, 0.6) is 0 Å². The van der Waals surface area contributed by atoms with Gasteiger partial charge in [-0.2, -0.15) is 0 Å². The highest BCUT2D eigenvalue weighted by molar-refractivity contribution is 6.24. The standard InChI is InChI=1S/C16H15NO4/c18-14-12-8-5-6-9(7-8)13(12)15(19)17(14)11-4-2-1-3-10(11)16(20)21/h1-4,8-9,12-13H,5-7H2,(H,20,21)/p-1/t8-,9-,12-,13+/m1/s1. The Morgan fingerprint density at radius 1 is 1.05 bits per heavy atom. The number of carboxylic acids is 1. The molecule has 0 unspecified atom stereocenters. The van der Waals surface area contributed by atoms with Crippen LogP contribution in [-0.2, 0) is 9.59 Å². The first-order valence-corrected chi connectivity index (χ1v) is 7.28. The molecule has 5 nitrogen and oxygen atoms in total. The van der Waals surface area contributed by atoms with Crippen LogP contribution in [0.15, 0.2) is 24.3 Å². The number of rotatable bonds is 2. The predicted octanol–water partition coefficient (Wildman–Crippen LogP) is 0.586. The maximum atomic E-state index is 12.7. The molecule has 3 fully saturated rings. The van der Waals surface area contributed by atoms with Crippen molar-refractivity contribution in [1.29, 1.82) is 0 Å². The van der Waals surface area contributed by atoms with Crippen molar-refractivity contribution < 1.29 is 19.5 Å². The number of aromatic carboxylic acids is 1. The monoisotopic (exact) mass is 284 g/mol. The van der Waals surface area contributed by atoms with Gasteiger partial charge in [0, 0.05) is 5.56 Å². The first-order valence-electron chi connectivity index (χ1n) is 7.28. The maximum Gasteiger partial charge on any atom is 0.237 e. The maximum absolute atomic E-state index is 12.7. The van der Waals surface area contributed by atoms with Gasteiger partial charge in [0.15, 0.2) is 0 Å². The average molecular weight is 284 g/mol. The normalized spacial score (nSPS) is 33.6. The van der Waals surface area contributed by atoms with Crippen molar-refractivity contribution in [3.05, 3.63) is 29.8 Å². The molecular weight excluding hydrogens is 270 g/mol. The lowest BCUT2D eigenvalue weighted by atomic mass is 9.81. The number of imide groups is 1. The van der Waals surface area contributed by atoms with Crippen LogP contribution in [-0.4, -0.2) is 17.8 Å². The Bertz CT molecular complexity index is 640. The molecule has 1 heterocycles. The lowest BCUT2D eigenvalue weighted by Gasteiger charge is -2.20. The number of amides is 2. The number of benzene rings is 1. The summed E-state index contributed by atoms with van der Waals surface area (Å²) in [4.78, 5) is 37.6. The molecule has 1 aromatic rings. The fourth-order valence-corrected chi connectivity index (χ4v) is 4.49. The van der Waals surface area contributed by atoms with Crippen LogP contribution >= 0.6 is 0 Å². The summed E-state index contributed by atoms with van der Waals surface area (Å²) >= 11 is 0. The smallest absolute Gasteiger partial charge is 0.237 e. The van der Waals surface area contributed by atoms with Crippen molar-refractivity contribution in [2.24, 2.45) is 23.7 Å². The molecule has 0 radical (unpaired) electrons. The second kappa shape index (κ2) is 4.16. The van der Waals surface area contributed by atoms with Crippen LogP contribution in [0.25, 0.3) is 0 Å². The molecule has 0 N–H and O–H groups in total. The number of hydrogen-bond acceptors (Lipinski definition) is 4. The van der Waals surface area contributed by atoms with E-state index < -0.39 is 5.97 Å². The first-order chi connectivity index (χ1) is 10.1. The molecule has 2 amide bonds. The van der Waals surface area contributed by atoms with E-state index >= 15 is 0 Å². The Labute approximate surface area is 121 Å². The Morgan fingerprint density at radius 3 is 2.19 bits per heavy atom. The molecule has 3 aliphatic rings. The molecule has 4 rings (SSSR count). The second-order valence-corrected chi connectivity index (χ2v) is 6.20. The van der Waals surface area contributed by atoms with Crippen LogP contribution in [0.3, 0.4) is 0 Å². The van der Waals surface area contributed by atoms with Gasteiger partial charge >= 0.3 is 0 Å². The van der Waals surface area contributed by atoms with Gasteiger partial charge in [-0.3, -0.25) is 9.59 Å². The highest BCUT2D eigenvalue weighted by Gasteiger charge is 2.61. The number of carbonyl (C=O) groups excluding carboxylic acids is 3. The third-order valence-electron chi connectivity index (χ3n) is 5.29. The van der Waals surface area contributed by atoms with Crippen molar-refractivity contribution in [3.8, 4) is 0 Å². The van der Waals surface area contributed by atoms with E-state index in [1.54, 1.807) is 12.1 Å². The Hall–Kier alpha value is -2.17. The van der Waals surface area contributed by atoms with Crippen LogP contribution in [0.1, 0.15) is 29.6 Å². The van der Waals surface area contributed by atoms with Crippen LogP contribution in [0, 0.1) is 23.7 Å². The molecule has 5 heteroatoms. The van der Waals surface area contributed by atoms with E-state index in [0.29, 0.717) is 0 Å². The van der Waals surface area contributed by atoms with Crippen molar-refractivity contribution in [2.75, 3.05) is 4.90 Å². The number of hydrogen-bond donors (Lipinski definition) is 0. The zero-order valence-electron chi connectivity index (χ0n) is 11.3. The molecule has 21 heavy (non-hydrogen) atoms. The molecule has 1 aliphatic heterocycles. The summed E-state index contributed by atoms with van der Waals surface area (Å²) in [7, 11) is 0. The molecule has 2 bridgehead atoms. The summed E-state index contributed by atoms with van der Waals surface area (Å²) in [6.45, 7) is 0. The molecule has 1 aromatic carbocycles. The van der Waals surface area contributed by atoms with E-state index in [-0.39, 0.29) is 46.7 Å². The summed E-state index contributed by atoms with van der Waals surface area (Å²) in [5.41, 5.74) is 0.0489. The minimum absolute atomic E-state index is 0.105.